The SMILES string of the molecule is COCCNC(=O)c1cnc2cc(F)ccc2c1. The van der Waals surface area contributed by atoms with Gasteiger partial charge in [-0.25, -0.2) is 4.39 Å². The molecule has 0 aliphatic rings. The first-order valence-electron chi connectivity index (χ1n) is 5.53. The quantitative estimate of drug-likeness (QED) is 0.839. The summed E-state index contributed by atoms with van der Waals surface area (Å²) < 4.78 is 17.8. The second-order valence-corrected chi connectivity index (χ2v) is 3.81. The van der Waals surface area contributed by atoms with E-state index in [1.54, 1.807) is 19.2 Å². The summed E-state index contributed by atoms with van der Waals surface area (Å²) in [5.74, 6) is -0.557. The third kappa shape index (κ3) is 2.81. The first-order chi connectivity index (χ1) is 8.70. The fourth-order valence-electron chi connectivity index (χ4n) is 1.59. The van der Waals surface area contributed by atoms with Gasteiger partial charge < -0.3 is 10.1 Å². The lowest BCUT2D eigenvalue weighted by molar-refractivity contribution is 0.0937. The van der Waals surface area contributed by atoms with Gasteiger partial charge in [0.1, 0.15) is 5.82 Å². The van der Waals surface area contributed by atoms with Crippen LogP contribution >= 0.6 is 0 Å². The molecule has 0 saturated carbocycles. The van der Waals surface area contributed by atoms with Gasteiger partial charge in [0.15, 0.2) is 0 Å². The van der Waals surface area contributed by atoms with Gasteiger partial charge in [-0.05, 0) is 18.2 Å². The van der Waals surface area contributed by atoms with Gasteiger partial charge in [-0.1, -0.05) is 0 Å². The number of pyridine rings is 1. The Balaban J connectivity index is 2.19. The highest BCUT2D eigenvalue weighted by molar-refractivity contribution is 5.97. The molecule has 0 saturated heterocycles. The lowest BCUT2D eigenvalue weighted by Gasteiger charge is -2.05. The Hall–Kier alpha value is -2.01. The average molecular weight is 248 g/mol. The van der Waals surface area contributed by atoms with Crippen LogP contribution in [-0.4, -0.2) is 31.2 Å². The fraction of sp³-hybridized carbons (Fsp3) is 0.231. The lowest BCUT2D eigenvalue weighted by Crippen LogP contribution is -2.26. The van der Waals surface area contributed by atoms with Crippen molar-refractivity contribution in [1.82, 2.24) is 10.3 Å². The molecule has 0 unspecified atom stereocenters. The molecular formula is C13H13FN2O2. The lowest BCUT2D eigenvalue weighted by atomic mass is 10.1. The summed E-state index contributed by atoms with van der Waals surface area (Å²) in [7, 11) is 1.57. The molecule has 1 aromatic heterocycles. The van der Waals surface area contributed by atoms with E-state index in [4.69, 9.17) is 4.74 Å². The van der Waals surface area contributed by atoms with E-state index in [0.717, 1.165) is 5.39 Å². The second kappa shape index (κ2) is 5.55. The number of aromatic nitrogens is 1. The molecule has 1 heterocycles. The molecule has 0 spiro atoms. The predicted octanol–water partition coefficient (Wildman–Crippen LogP) is 1.75. The van der Waals surface area contributed by atoms with Crippen molar-refractivity contribution < 1.29 is 13.9 Å². The van der Waals surface area contributed by atoms with Gasteiger partial charge in [0, 0.05) is 31.3 Å². The van der Waals surface area contributed by atoms with Gasteiger partial charge >= 0.3 is 0 Å². The number of amides is 1. The number of nitrogens with one attached hydrogen (secondary N) is 1. The third-order valence-electron chi connectivity index (χ3n) is 2.50. The zero-order valence-electron chi connectivity index (χ0n) is 9.94. The predicted molar refractivity (Wildman–Crippen MR) is 65.9 cm³/mol. The zero-order chi connectivity index (χ0) is 13.0. The van der Waals surface area contributed by atoms with Crippen LogP contribution in [0.3, 0.4) is 0 Å². The number of methoxy groups -OCH3 is 1. The minimum absolute atomic E-state index is 0.217. The highest BCUT2D eigenvalue weighted by atomic mass is 19.1. The Morgan fingerprint density at radius 2 is 2.28 bits per heavy atom. The molecule has 1 amide bonds. The van der Waals surface area contributed by atoms with Crippen molar-refractivity contribution in [2.24, 2.45) is 0 Å². The van der Waals surface area contributed by atoms with Gasteiger partial charge in [-0.3, -0.25) is 9.78 Å². The Morgan fingerprint density at radius 1 is 1.44 bits per heavy atom. The maximum Gasteiger partial charge on any atom is 0.252 e. The third-order valence-corrected chi connectivity index (χ3v) is 2.50. The molecule has 1 N–H and O–H groups in total. The number of carbonyl (C=O) groups is 1. The number of ether oxygens (including phenoxy) is 1. The number of hydrogen-bond acceptors (Lipinski definition) is 3. The molecule has 0 fully saturated rings. The van der Waals surface area contributed by atoms with Crippen molar-refractivity contribution in [2.75, 3.05) is 20.3 Å². The topological polar surface area (TPSA) is 51.2 Å². The zero-order valence-corrected chi connectivity index (χ0v) is 9.94. The highest BCUT2D eigenvalue weighted by Crippen LogP contribution is 2.14. The number of hydrogen-bond donors (Lipinski definition) is 1. The summed E-state index contributed by atoms with van der Waals surface area (Å²) >= 11 is 0. The van der Waals surface area contributed by atoms with E-state index in [-0.39, 0.29) is 11.7 Å². The number of benzene rings is 1. The smallest absolute Gasteiger partial charge is 0.252 e. The monoisotopic (exact) mass is 248 g/mol. The molecule has 2 aromatic rings. The summed E-state index contributed by atoms with van der Waals surface area (Å²) in [5.41, 5.74) is 0.980. The van der Waals surface area contributed by atoms with Crippen LogP contribution in [0.15, 0.2) is 30.5 Å². The highest BCUT2D eigenvalue weighted by Gasteiger charge is 2.06. The van der Waals surface area contributed by atoms with Crippen LogP contribution in [0.1, 0.15) is 10.4 Å². The van der Waals surface area contributed by atoms with E-state index in [9.17, 15) is 9.18 Å². The molecule has 2 rings (SSSR count). The van der Waals surface area contributed by atoms with Gasteiger partial charge in [0.2, 0.25) is 0 Å². The number of carbonyl (C=O) groups excluding carboxylic acids is 1. The van der Waals surface area contributed by atoms with E-state index >= 15 is 0 Å². The number of halogens is 1. The second-order valence-electron chi connectivity index (χ2n) is 3.81. The molecule has 18 heavy (non-hydrogen) atoms. The maximum atomic E-state index is 13.0. The van der Waals surface area contributed by atoms with Gasteiger partial charge in [-0.15, -0.1) is 0 Å². The molecule has 4 nitrogen and oxygen atoms in total. The summed E-state index contributed by atoms with van der Waals surface area (Å²) in [6.07, 6.45) is 1.43. The van der Waals surface area contributed by atoms with Gasteiger partial charge in [-0.2, -0.15) is 0 Å². The molecule has 5 heteroatoms. The van der Waals surface area contributed by atoms with Crippen LogP contribution in [0.2, 0.25) is 0 Å². The van der Waals surface area contributed by atoms with E-state index in [1.165, 1.54) is 18.3 Å². The van der Waals surface area contributed by atoms with Gasteiger partial charge in [0.05, 0.1) is 17.7 Å². The molecule has 0 bridgehead atoms. The maximum absolute atomic E-state index is 13.0. The Morgan fingerprint density at radius 3 is 3.06 bits per heavy atom. The molecule has 0 aliphatic heterocycles. The molecule has 0 aliphatic carbocycles. The van der Waals surface area contributed by atoms with Crippen molar-refractivity contribution in [2.45, 2.75) is 0 Å². The summed E-state index contributed by atoms with van der Waals surface area (Å²) in [6.45, 7) is 0.898. The van der Waals surface area contributed by atoms with Crippen molar-refractivity contribution in [3.8, 4) is 0 Å². The molecule has 0 radical (unpaired) electrons. The molecular weight excluding hydrogens is 235 g/mol. The first-order valence-corrected chi connectivity index (χ1v) is 5.53. The van der Waals surface area contributed by atoms with Crippen LogP contribution in [0.5, 0.6) is 0 Å². The first kappa shape index (κ1) is 12.4. The minimum Gasteiger partial charge on any atom is -0.383 e. The van der Waals surface area contributed by atoms with Crippen LogP contribution < -0.4 is 5.32 Å². The van der Waals surface area contributed by atoms with Crippen molar-refractivity contribution in [3.63, 3.8) is 0 Å². The summed E-state index contributed by atoms with van der Waals surface area (Å²) in [5, 5.41) is 3.43. The fourth-order valence-corrected chi connectivity index (χ4v) is 1.59. The average Bonchev–Trinajstić information content (AvgIpc) is 2.38. The Kier molecular flexibility index (Phi) is 3.84. The number of rotatable bonds is 4. The van der Waals surface area contributed by atoms with Crippen LogP contribution in [-0.2, 0) is 4.74 Å². The van der Waals surface area contributed by atoms with Crippen molar-refractivity contribution in [1.29, 1.82) is 0 Å². The molecule has 94 valence electrons. The van der Waals surface area contributed by atoms with Crippen molar-refractivity contribution >= 4 is 16.8 Å². The van der Waals surface area contributed by atoms with Crippen LogP contribution in [0.4, 0.5) is 4.39 Å². The van der Waals surface area contributed by atoms with E-state index in [0.29, 0.717) is 24.2 Å². The number of fused-ring (bicyclic) bond motifs is 1. The Bertz CT molecular complexity index is 572. The summed E-state index contributed by atoms with van der Waals surface area (Å²) in [6, 6.07) is 5.96. The molecule has 0 atom stereocenters. The summed E-state index contributed by atoms with van der Waals surface area (Å²) in [4.78, 5) is 15.8. The van der Waals surface area contributed by atoms with E-state index in [1.807, 2.05) is 0 Å². The Labute approximate surface area is 104 Å². The van der Waals surface area contributed by atoms with E-state index in [2.05, 4.69) is 10.3 Å². The van der Waals surface area contributed by atoms with E-state index < -0.39 is 0 Å². The molecule has 1 aromatic carbocycles. The van der Waals surface area contributed by atoms with Crippen LogP contribution in [0, 0.1) is 5.82 Å². The standard InChI is InChI=1S/C13H13FN2O2/c1-18-5-4-15-13(17)10-6-9-2-3-11(14)7-12(9)16-8-10/h2-3,6-8H,4-5H2,1H3,(H,15,17). The number of nitrogens with zero attached hydrogens (tertiary/aromatic N) is 1. The largest absolute Gasteiger partial charge is 0.383 e. The van der Waals surface area contributed by atoms with Crippen molar-refractivity contribution in [3.05, 3.63) is 41.8 Å². The van der Waals surface area contributed by atoms with Gasteiger partial charge in [0.25, 0.3) is 5.91 Å². The van der Waals surface area contributed by atoms with Crippen LogP contribution in [0.25, 0.3) is 10.9 Å². The normalized spacial score (nSPS) is 10.6. The minimum atomic E-state index is -0.340.